The fourth-order valence-corrected chi connectivity index (χ4v) is 2.97. The van der Waals surface area contributed by atoms with Gasteiger partial charge in [-0.15, -0.1) is 0 Å². The summed E-state index contributed by atoms with van der Waals surface area (Å²) >= 11 is 0. The van der Waals surface area contributed by atoms with Crippen LogP contribution >= 0.6 is 0 Å². The molecule has 0 heterocycles. The Morgan fingerprint density at radius 2 is 1.81 bits per heavy atom. The molecule has 0 aliphatic heterocycles. The zero-order valence-electron chi connectivity index (χ0n) is 15.9. The fraction of sp³-hybridized carbons (Fsp3) is 0.286. The Hall–Kier alpha value is -2.60. The van der Waals surface area contributed by atoms with E-state index in [1.54, 1.807) is 6.07 Å². The van der Waals surface area contributed by atoms with Gasteiger partial charge in [-0.3, -0.25) is 4.79 Å². The Morgan fingerprint density at radius 3 is 2.44 bits per heavy atom. The van der Waals surface area contributed by atoms with Gasteiger partial charge in [0.15, 0.2) is 9.84 Å². The Morgan fingerprint density at radius 1 is 1.11 bits per heavy atom. The van der Waals surface area contributed by atoms with Crippen molar-refractivity contribution < 1.29 is 13.2 Å². The van der Waals surface area contributed by atoms with Crippen molar-refractivity contribution in [3.63, 3.8) is 0 Å². The summed E-state index contributed by atoms with van der Waals surface area (Å²) in [5, 5.41) is 7.16. The van der Waals surface area contributed by atoms with Crippen molar-refractivity contribution in [3.05, 3.63) is 76.7 Å². The van der Waals surface area contributed by atoms with E-state index < -0.39 is 9.84 Å². The van der Waals surface area contributed by atoms with E-state index in [1.165, 1.54) is 6.08 Å². The Balaban J connectivity index is 2.15. The summed E-state index contributed by atoms with van der Waals surface area (Å²) in [6.45, 7) is 4.96. The first-order valence-corrected chi connectivity index (χ1v) is 10.8. The van der Waals surface area contributed by atoms with Crippen LogP contribution < -0.4 is 10.6 Å². The molecule has 27 heavy (non-hydrogen) atoms. The molecule has 0 radical (unpaired) electrons. The topological polar surface area (TPSA) is 75.3 Å². The summed E-state index contributed by atoms with van der Waals surface area (Å²) in [7, 11) is -3.19. The first-order valence-electron chi connectivity index (χ1n) is 8.83. The smallest absolute Gasteiger partial charge is 0.253 e. The molecule has 0 saturated carbocycles. The number of anilines is 1. The van der Waals surface area contributed by atoms with Crippen molar-refractivity contribution in [2.45, 2.75) is 26.3 Å². The number of carbonyl (C=O) groups is 1. The van der Waals surface area contributed by atoms with Crippen LogP contribution in [0.1, 0.15) is 41.3 Å². The molecular weight excluding hydrogens is 360 g/mol. The molecule has 0 aliphatic rings. The minimum absolute atomic E-state index is 0.149. The molecular formula is C21H26N2O3S. The van der Waals surface area contributed by atoms with Crippen molar-refractivity contribution in [2.24, 2.45) is 0 Å². The van der Waals surface area contributed by atoms with Crippen LogP contribution in [0, 0.1) is 0 Å². The van der Waals surface area contributed by atoms with Crippen LogP contribution in [0.15, 0.2) is 60.0 Å². The number of nitrogens with one attached hydrogen (secondary N) is 2. The minimum Gasteiger partial charge on any atom is -0.380 e. The average Bonchev–Trinajstić information content (AvgIpc) is 2.63. The molecule has 0 atom stereocenters. The lowest BCUT2D eigenvalue weighted by molar-refractivity contribution is 0.0958. The third-order valence-corrected chi connectivity index (χ3v) is 4.69. The maximum Gasteiger partial charge on any atom is 0.253 e. The molecule has 0 aromatic heterocycles. The molecule has 0 spiro atoms. The zero-order valence-corrected chi connectivity index (χ0v) is 16.7. The highest BCUT2D eigenvalue weighted by atomic mass is 32.2. The molecule has 2 aromatic carbocycles. The van der Waals surface area contributed by atoms with E-state index in [0.717, 1.165) is 28.5 Å². The second-order valence-corrected chi connectivity index (χ2v) is 8.64. The molecule has 0 aliphatic carbocycles. The Kier molecular flexibility index (Phi) is 7.19. The quantitative estimate of drug-likeness (QED) is 0.725. The first kappa shape index (κ1) is 20.7. The van der Waals surface area contributed by atoms with Crippen LogP contribution in [0.25, 0.3) is 0 Å². The van der Waals surface area contributed by atoms with E-state index in [2.05, 4.69) is 24.5 Å². The standard InChI is InChI=1S/C21H26N2O3S/c1-16(2)18-10-11-19(21(24)22-12-7-13-27(3,25)26)20(14-18)23-15-17-8-5-4-6-9-17/h4-11,13-14,16,23H,12,15H2,1-3H3,(H,22,24)/b13-7+. The first-order chi connectivity index (χ1) is 12.8. The van der Waals surface area contributed by atoms with Crippen molar-refractivity contribution in [1.82, 2.24) is 5.32 Å². The number of carbonyl (C=O) groups excluding carboxylic acids is 1. The number of amides is 1. The van der Waals surface area contributed by atoms with Crippen molar-refractivity contribution in [1.29, 1.82) is 0 Å². The molecule has 144 valence electrons. The third-order valence-electron chi connectivity index (χ3n) is 4.00. The summed E-state index contributed by atoms with van der Waals surface area (Å²) in [5.74, 6) is 0.0936. The van der Waals surface area contributed by atoms with Crippen LogP contribution in [-0.2, 0) is 16.4 Å². The zero-order chi connectivity index (χ0) is 19.9. The Bertz CT molecular complexity index is 904. The van der Waals surface area contributed by atoms with E-state index >= 15 is 0 Å². The lowest BCUT2D eigenvalue weighted by atomic mass is 9.99. The van der Waals surface area contributed by atoms with Gasteiger partial charge in [0, 0.05) is 30.4 Å². The summed E-state index contributed by atoms with van der Waals surface area (Å²) in [6, 6.07) is 15.7. The minimum atomic E-state index is -3.19. The van der Waals surface area contributed by atoms with Crippen molar-refractivity contribution in [3.8, 4) is 0 Å². The highest BCUT2D eigenvalue weighted by Gasteiger charge is 2.13. The number of hydrogen-bond acceptors (Lipinski definition) is 4. The van der Waals surface area contributed by atoms with E-state index in [1.807, 2.05) is 42.5 Å². The lowest BCUT2D eigenvalue weighted by Crippen LogP contribution is -2.24. The predicted octanol–water partition coefficient (Wildman–Crippen LogP) is 3.71. The lowest BCUT2D eigenvalue weighted by Gasteiger charge is -2.15. The fourth-order valence-electron chi connectivity index (χ4n) is 2.53. The molecule has 6 heteroatoms. The number of hydrogen-bond donors (Lipinski definition) is 2. The summed E-state index contributed by atoms with van der Waals surface area (Å²) in [4.78, 5) is 12.5. The van der Waals surface area contributed by atoms with Crippen LogP contribution in [0.3, 0.4) is 0 Å². The molecule has 2 aromatic rings. The second-order valence-electron chi connectivity index (χ2n) is 6.71. The molecule has 5 nitrogen and oxygen atoms in total. The van der Waals surface area contributed by atoms with E-state index in [9.17, 15) is 13.2 Å². The largest absolute Gasteiger partial charge is 0.380 e. The Labute approximate surface area is 161 Å². The summed E-state index contributed by atoms with van der Waals surface area (Å²) in [6.07, 6.45) is 2.54. The van der Waals surface area contributed by atoms with Crippen LogP contribution in [-0.4, -0.2) is 27.1 Å². The molecule has 1 amide bonds. The van der Waals surface area contributed by atoms with Crippen LogP contribution in [0.5, 0.6) is 0 Å². The van der Waals surface area contributed by atoms with E-state index in [0.29, 0.717) is 18.0 Å². The van der Waals surface area contributed by atoms with Gasteiger partial charge in [-0.25, -0.2) is 8.42 Å². The van der Waals surface area contributed by atoms with Crippen LogP contribution in [0.4, 0.5) is 5.69 Å². The van der Waals surface area contributed by atoms with Crippen molar-refractivity contribution >= 4 is 21.4 Å². The summed E-state index contributed by atoms with van der Waals surface area (Å²) < 4.78 is 22.2. The van der Waals surface area contributed by atoms with Gasteiger partial charge in [0.1, 0.15) is 0 Å². The highest BCUT2D eigenvalue weighted by Crippen LogP contribution is 2.23. The summed E-state index contributed by atoms with van der Waals surface area (Å²) in [5.41, 5.74) is 3.55. The molecule has 0 bridgehead atoms. The SMILES string of the molecule is CC(C)c1ccc(C(=O)NC/C=C/S(C)(=O)=O)c(NCc2ccccc2)c1. The van der Waals surface area contributed by atoms with Gasteiger partial charge in [-0.1, -0.05) is 56.3 Å². The van der Waals surface area contributed by atoms with Gasteiger partial charge in [0.25, 0.3) is 5.91 Å². The normalized spacial score (nSPS) is 11.7. The van der Waals surface area contributed by atoms with Crippen LogP contribution in [0.2, 0.25) is 0 Å². The highest BCUT2D eigenvalue weighted by molar-refractivity contribution is 7.93. The monoisotopic (exact) mass is 386 g/mol. The third kappa shape index (κ3) is 6.90. The van der Waals surface area contributed by atoms with Gasteiger partial charge < -0.3 is 10.6 Å². The second kappa shape index (κ2) is 9.37. The number of rotatable bonds is 8. The van der Waals surface area contributed by atoms with E-state index in [-0.39, 0.29) is 12.5 Å². The average molecular weight is 387 g/mol. The molecule has 2 N–H and O–H groups in total. The van der Waals surface area contributed by atoms with Gasteiger partial charge in [0.05, 0.1) is 5.56 Å². The van der Waals surface area contributed by atoms with Crippen molar-refractivity contribution in [2.75, 3.05) is 18.1 Å². The van der Waals surface area contributed by atoms with Gasteiger partial charge >= 0.3 is 0 Å². The predicted molar refractivity (Wildman–Crippen MR) is 111 cm³/mol. The molecule has 0 unspecified atom stereocenters. The van der Waals surface area contributed by atoms with Gasteiger partial charge in [-0.2, -0.15) is 0 Å². The number of benzene rings is 2. The molecule has 0 saturated heterocycles. The maximum absolute atomic E-state index is 12.5. The maximum atomic E-state index is 12.5. The molecule has 0 fully saturated rings. The van der Waals surface area contributed by atoms with Gasteiger partial charge in [-0.05, 0) is 29.2 Å². The molecule has 2 rings (SSSR count). The number of sulfone groups is 1. The van der Waals surface area contributed by atoms with E-state index in [4.69, 9.17) is 0 Å². The van der Waals surface area contributed by atoms with Gasteiger partial charge in [0.2, 0.25) is 0 Å².